The second kappa shape index (κ2) is 2.56. The lowest BCUT2D eigenvalue weighted by atomic mass is 9.65. The van der Waals surface area contributed by atoms with Gasteiger partial charge in [0.15, 0.2) is 0 Å². The summed E-state index contributed by atoms with van der Waals surface area (Å²) in [6, 6.07) is 0. The van der Waals surface area contributed by atoms with E-state index in [0.717, 1.165) is 0 Å². The lowest BCUT2D eigenvalue weighted by molar-refractivity contribution is -0.144. The Labute approximate surface area is 74.0 Å². The maximum absolute atomic E-state index is 11.6. The van der Waals surface area contributed by atoms with Crippen molar-refractivity contribution in [2.45, 2.75) is 46.1 Å². The summed E-state index contributed by atoms with van der Waals surface area (Å²) in [6.45, 7) is 7.59. The Kier molecular flexibility index (Phi) is 2.07. The van der Waals surface area contributed by atoms with Crippen LogP contribution in [0.5, 0.6) is 0 Å². The molecule has 0 amide bonds. The van der Waals surface area contributed by atoms with Gasteiger partial charge >= 0.3 is 0 Å². The molecule has 1 aliphatic carbocycles. The van der Waals surface area contributed by atoms with Crippen LogP contribution in [0.2, 0.25) is 0 Å². The van der Waals surface area contributed by atoms with Crippen LogP contribution in [0, 0.1) is 11.3 Å². The van der Waals surface area contributed by atoms with Crippen molar-refractivity contribution in [3.63, 3.8) is 0 Å². The highest BCUT2D eigenvalue weighted by Crippen LogP contribution is 2.41. The van der Waals surface area contributed by atoms with E-state index >= 15 is 0 Å². The molecule has 1 N–H and O–H groups in total. The van der Waals surface area contributed by atoms with Crippen LogP contribution in [0.25, 0.3) is 0 Å². The Morgan fingerprint density at radius 1 is 1.42 bits per heavy atom. The summed E-state index contributed by atoms with van der Waals surface area (Å²) < 4.78 is 0. The van der Waals surface area contributed by atoms with E-state index in [1.165, 1.54) is 0 Å². The molecule has 1 fully saturated rings. The molecule has 0 aliphatic heterocycles. The molecule has 0 aromatic heterocycles. The zero-order valence-electron chi connectivity index (χ0n) is 8.35. The number of carbonyl (C=O) groups is 1. The van der Waals surface area contributed by atoms with E-state index in [1.807, 2.05) is 20.8 Å². The third-order valence-electron chi connectivity index (χ3n) is 2.48. The van der Waals surface area contributed by atoms with Gasteiger partial charge in [-0.25, -0.2) is 0 Å². The highest BCUT2D eigenvalue weighted by Gasteiger charge is 2.45. The van der Waals surface area contributed by atoms with Crippen molar-refractivity contribution in [3.05, 3.63) is 0 Å². The maximum atomic E-state index is 11.6. The zero-order valence-corrected chi connectivity index (χ0v) is 8.35. The Balaban J connectivity index is 2.50. The number of rotatable bonds is 1. The zero-order chi connectivity index (χ0) is 9.57. The fraction of sp³-hybridized carbons (Fsp3) is 0.900. The minimum Gasteiger partial charge on any atom is -0.390 e. The van der Waals surface area contributed by atoms with Crippen LogP contribution in [-0.2, 0) is 4.79 Å². The van der Waals surface area contributed by atoms with Crippen molar-refractivity contribution in [3.8, 4) is 0 Å². The summed E-state index contributed by atoms with van der Waals surface area (Å²) >= 11 is 0. The minimum absolute atomic E-state index is 0.0972. The molecule has 0 bridgehead atoms. The summed E-state index contributed by atoms with van der Waals surface area (Å²) in [6.07, 6.45) is 1.28. The average Bonchev–Trinajstić information content (AvgIpc) is 1.78. The molecule has 1 rings (SSSR count). The van der Waals surface area contributed by atoms with Crippen LogP contribution < -0.4 is 0 Å². The van der Waals surface area contributed by atoms with Crippen molar-refractivity contribution in [2.24, 2.45) is 11.3 Å². The smallest absolute Gasteiger partial charge is 0.141 e. The number of carbonyl (C=O) groups excluding carboxylic acids is 1. The van der Waals surface area contributed by atoms with Gasteiger partial charge in [-0.3, -0.25) is 4.79 Å². The van der Waals surface area contributed by atoms with Gasteiger partial charge in [0.05, 0.1) is 5.60 Å². The predicted molar refractivity (Wildman–Crippen MR) is 47.8 cm³/mol. The third-order valence-corrected chi connectivity index (χ3v) is 2.48. The SMILES string of the molecule is CC1(O)CC(C(=O)C(C)(C)C)C1. The second-order valence-electron chi connectivity index (χ2n) is 5.22. The van der Waals surface area contributed by atoms with Gasteiger partial charge in [-0.15, -0.1) is 0 Å². The molecule has 0 spiro atoms. The Morgan fingerprint density at radius 2 is 1.83 bits per heavy atom. The summed E-state index contributed by atoms with van der Waals surface area (Å²) in [5.41, 5.74) is -0.827. The van der Waals surface area contributed by atoms with Gasteiger partial charge in [-0.1, -0.05) is 20.8 Å². The van der Waals surface area contributed by atoms with E-state index in [1.54, 1.807) is 6.92 Å². The van der Waals surface area contributed by atoms with E-state index in [0.29, 0.717) is 12.8 Å². The van der Waals surface area contributed by atoms with Gasteiger partial charge in [0.1, 0.15) is 5.78 Å². The highest BCUT2D eigenvalue weighted by molar-refractivity contribution is 5.86. The molecule has 0 atom stereocenters. The van der Waals surface area contributed by atoms with Gasteiger partial charge in [0.25, 0.3) is 0 Å². The molecule has 12 heavy (non-hydrogen) atoms. The lowest BCUT2D eigenvalue weighted by Gasteiger charge is -2.42. The Morgan fingerprint density at radius 3 is 2.08 bits per heavy atom. The molecule has 2 nitrogen and oxygen atoms in total. The van der Waals surface area contributed by atoms with Crippen molar-refractivity contribution in [1.29, 1.82) is 0 Å². The van der Waals surface area contributed by atoms with Crippen LogP contribution in [0.1, 0.15) is 40.5 Å². The largest absolute Gasteiger partial charge is 0.390 e. The normalized spacial score (nSPS) is 35.9. The van der Waals surface area contributed by atoms with E-state index in [-0.39, 0.29) is 17.1 Å². The summed E-state index contributed by atoms with van der Waals surface area (Å²) in [7, 11) is 0. The molecular weight excluding hydrogens is 152 g/mol. The molecule has 1 saturated carbocycles. The van der Waals surface area contributed by atoms with Crippen LogP contribution >= 0.6 is 0 Å². The van der Waals surface area contributed by atoms with E-state index in [2.05, 4.69) is 0 Å². The molecule has 70 valence electrons. The van der Waals surface area contributed by atoms with Gasteiger partial charge in [0, 0.05) is 11.3 Å². The summed E-state index contributed by atoms with van der Waals surface area (Å²) in [5.74, 6) is 0.383. The van der Waals surface area contributed by atoms with E-state index in [9.17, 15) is 9.90 Å². The average molecular weight is 170 g/mol. The van der Waals surface area contributed by atoms with Crippen molar-refractivity contribution in [2.75, 3.05) is 0 Å². The Bertz CT molecular complexity index is 190. The fourth-order valence-electron chi connectivity index (χ4n) is 1.80. The Hall–Kier alpha value is -0.370. The van der Waals surface area contributed by atoms with Crippen molar-refractivity contribution < 1.29 is 9.90 Å². The lowest BCUT2D eigenvalue weighted by Crippen LogP contribution is -2.47. The monoisotopic (exact) mass is 170 g/mol. The molecule has 0 radical (unpaired) electrons. The molecule has 0 saturated heterocycles. The number of hydrogen-bond donors (Lipinski definition) is 1. The van der Waals surface area contributed by atoms with E-state index in [4.69, 9.17) is 0 Å². The summed E-state index contributed by atoms with van der Waals surface area (Å²) in [5, 5.41) is 9.45. The molecule has 0 aromatic carbocycles. The summed E-state index contributed by atoms with van der Waals surface area (Å²) in [4.78, 5) is 11.6. The molecular formula is C10H18O2. The van der Waals surface area contributed by atoms with Gasteiger partial charge in [-0.05, 0) is 19.8 Å². The fourth-order valence-corrected chi connectivity index (χ4v) is 1.80. The van der Waals surface area contributed by atoms with Crippen LogP contribution in [0.3, 0.4) is 0 Å². The minimum atomic E-state index is -0.578. The van der Waals surface area contributed by atoms with Crippen LogP contribution in [0.15, 0.2) is 0 Å². The molecule has 2 heteroatoms. The van der Waals surface area contributed by atoms with Gasteiger partial charge < -0.3 is 5.11 Å². The first-order valence-corrected chi connectivity index (χ1v) is 4.49. The number of Topliss-reactive ketones (excluding diaryl/α,β-unsaturated/α-hetero) is 1. The van der Waals surface area contributed by atoms with Gasteiger partial charge in [-0.2, -0.15) is 0 Å². The molecule has 0 aromatic rings. The second-order valence-corrected chi connectivity index (χ2v) is 5.22. The first-order valence-electron chi connectivity index (χ1n) is 4.49. The number of aliphatic hydroxyl groups is 1. The standard InChI is InChI=1S/C10H18O2/c1-9(2,3)8(11)7-5-10(4,12)6-7/h7,12H,5-6H2,1-4H3. The highest BCUT2D eigenvalue weighted by atomic mass is 16.3. The first-order chi connectivity index (χ1) is 5.22. The molecule has 1 aliphatic rings. The molecule has 0 heterocycles. The quantitative estimate of drug-likeness (QED) is 0.651. The van der Waals surface area contributed by atoms with Crippen molar-refractivity contribution >= 4 is 5.78 Å². The maximum Gasteiger partial charge on any atom is 0.141 e. The first kappa shape index (κ1) is 9.72. The van der Waals surface area contributed by atoms with Crippen molar-refractivity contribution in [1.82, 2.24) is 0 Å². The molecule has 0 unspecified atom stereocenters. The van der Waals surface area contributed by atoms with Crippen LogP contribution in [0.4, 0.5) is 0 Å². The third kappa shape index (κ3) is 1.86. The van der Waals surface area contributed by atoms with E-state index < -0.39 is 5.60 Å². The number of hydrogen-bond acceptors (Lipinski definition) is 2. The van der Waals surface area contributed by atoms with Gasteiger partial charge in [0.2, 0.25) is 0 Å². The number of ketones is 1. The van der Waals surface area contributed by atoms with Crippen LogP contribution in [-0.4, -0.2) is 16.5 Å². The predicted octanol–water partition coefficient (Wildman–Crippen LogP) is 1.76. The topological polar surface area (TPSA) is 37.3 Å².